The maximum absolute atomic E-state index is 12.2. The van der Waals surface area contributed by atoms with Crippen LogP contribution in [0.2, 0.25) is 0 Å². The first kappa shape index (κ1) is 20.6. The van der Waals surface area contributed by atoms with Crippen LogP contribution in [-0.2, 0) is 10.0 Å². The van der Waals surface area contributed by atoms with Gasteiger partial charge in [-0.05, 0) is 41.8 Å². The molecule has 0 radical (unpaired) electrons. The summed E-state index contributed by atoms with van der Waals surface area (Å²) >= 11 is 0. The number of carbonyl (C=O) groups is 1. The van der Waals surface area contributed by atoms with Crippen LogP contribution in [0.1, 0.15) is 23.5 Å². The van der Waals surface area contributed by atoms with E-state index in [0.29, 0.717) is 12.2 Å². The SMILES string of the molecule is NS(=O)(=O)c1ccc(NC(=O)NCCC(c2ccccc2)c2ccccc2)cc1. The largest absolute Gasteiger partial charge is 0.338 e. The first-order valence-electron chi connectivity index (χ1n) is 9.21. The second-order valence-corrected chi connectivity index (χ2v) is 8.17. The van der Waals surface area contributed by atoms with Gasteiger partial charge in [0, 0.05) is 18.2 Å². The summed E-state index contributed by atoms with van der Waals surface area (Å²) in [5, 5.41) is 10.6. The highest BCUT2D eigenvalue weighted by atomic mass is 32.2. The molecule has 0 fully saturated rings. The molecule has 2 amide bonds. The fourth-order valence-corrected chi connectivity index (χ4v) is 3.65. The zero-order chi connectivity index (χ0) is 20.7. The minimum Gasteiger partial charge on any atom is -0.338 e. The molecule has 150 valence electrons. The molecule has 0 saturated heterocycles. The van der Waals surface area contributed by atoms with Gasteiger partial charge in [-0.3, -0.25) is 0 Å². The lowest BCUT2D eigenvalue weighted by atomic mass is 9.88. The molecule has 4 N–H and O–H groups in total. The zero-order valence-electron chi connectivity index (χ0n) is 15.8. The maximum atomic E-state index is 12.2. The maximum Gasteiger partial charge on any atom is 0.319 e. The number of benzene rings is 3. The molecular weight excluding hydrogens is 386 g/mol. The molecular formula is C22H23N3O3S. The number of hydrogen-bond acceptors (Lipinski definition) is 3. The predicted molar refractivity (Wildman–Crippen MR) is 114 cm³/mol. The second-order valence-electron chi connectivity index (χ2n) is 6.61. The smallest absolute Gasteiger partial charge is 0.319 e. The van der Waals surface area contributed by atoms with Crippen LogP contribution in [0, 0.1) is 0 Å². The number of nitrogens with one attached hydrogen (secondary N) is 2. The van der Waals surface area contributed by atoms with E-state index in [2.05, 4.69) is 34.9 Å². The summed E-state index contributed by atoms with van der Waals surface area (Å²) in [7, 11) is -3.75. The molecule has 0 aliphatic heterocycles. The molecule has 3 rings (SSSR count). The average molecular weight is 410 g/mol. The Hall–Kier alpha value is -3.16. The van der Waals surface area contributed by atoms with Gasteiger partial charge in [-0.15, -0.1) is 0 Å². The van der Waals surface area contributed by atoms with Crippen LogP contribution in [-0.4, -0.2) is 21.0 Å². The van der Waals surface area contributed by atoms with Crippen molar-refractivity contribution >= 4 is 21.7 Å². The molecule has 0 aromatic heterocycles. The number of nitrogens with two attached hydrogens (primary N) is 1. The van der Waals surface area contributed by atoms with Crippen molar-refractivity contribution < 1.29 is 13.2 Å². The van der Waals surface area contributed by atoms with Gasteiger partial charge in [0.1, 0.15) is 0 Å². The first-order valence-corrected chi connectivity index (χ1v) is 10.8. The predicted octanol–water partition coefficient (Wildman–Crippen LogP) is 3.68. The van der Waals surface area contributed by atoms with Gasteiger partial charge in [-0.25, -0.2) is 18.4 Å². The minimum absolute atomic E-state index is 0.00276. The molecule has 0 unspecified atom stereocenters. The van der Waals surface area contributed by atoms with Gasteiger partial charge in [-0.1, -0.05) is 60.7 Å². The molecule has 0 heterocycles. The zero-order valence-corrected chi connectivity index (χ0v) is 16.6. The molecule has 29 heavy (non-hydrogen) atoms. The van der Waals surface area contributed by atoms with Gasteiger partial charge in [0.2, 0.25) is 10.0 Å². The van der Waals surface area contributed by atoms with Crippen molar-refractivity contribution in [2.75, 3.05) is 11.9 Å². The third kappa shape index (κ3) is 5.91. The number of anilines is 1. The fourth-order valence-electron chi connectivity index (χ4n) is 3.13. The summed E-state index contributed by atoms with van der Waals surface area (Å²) in [5.41, 5.74) is 2.87. The van der Waals surface area contributed by atoms with E-state index in [9.17, 15) is 13.2 Å². The summed E-state index contributed by atoms with van der Waals surface area (Å²) in [6.45, 7) is 0.482. The van der Waals surface area contributed by atoms with E-state index in [1.165, 1.54) is 35.4 Å². The number of rotatable bonds is 7. The lowest BCUT2D eigenvalue weighted by Crippen LogP contribution is -2.30. The Kier molecular flexibility index (Phi) is 6.64. The summed E-state index contributed by atoms with van der Waals surface area (Å²) in [6, 6.07) is 25.7. The molecule has 3 aromatic rings. The number of carbonyl (C=O) groups excluding carboxylic acids is 1. The molecule has 3 aromatic carbocycles. The van der Waals surface area contributed by atoms with Crippen LogP contribution < -0.4 is 15.8 Å². The highest BCUT2D eigenvalue weighted by Gasteiger charge is 2.14. The summed E-state index contributed by atoms with van der Waals surface area (Å²) in [4.78, 5) is 12.2. The van der Waals surface area contributed by atoms with Gasteiger partial charge in [0.15, 0.2) is 0 Å². The molecule has 7 heteroatoms. The van der Waals surface area contributed by atoms with Crippen LogP contribution in [0.4, 0.5) is 10.5 Å². The van der Waals surface area contributed by atoms with Crippen molar-refractivity contribution in [1.29, 1.82) is 0 Å². The number of hydrogen-bond donors (Lipinski definition) is 3. The van der Waals surface area contributed by atoms with E-state index in [4.69, 9.17) is 5.14 Å². The van der Waals surface area contributed by atoms with Gasteiger partial charge < -0.3 is 10.6 Å². The van der Waals surface area contributed by atoms with E-state index >= 15 is 0 Å². The van der Waals surface area contributed by atoms with E-state index < -0.39 is 10.0 Å². The third-order valence-electron chi connectivity index (χ3n) is 4.56. The lowest BCUT2D eigenvalue weighted by molar-refractivity contribution is 0.252. The minimum atomic E-state index is -3.75. The lowest BCUT2D eigenvalue weighted by Gasteiger charge is -2.18. The van der Waals surface area contributed by atoms with Crippen LogP contribution in [0.3, 0.4) is 0 Å². The molecule has 0 aliphatic carbocycles. The molecule has 0 bridgehead atoms. The first-order chi connectivity index (χ1) is 13.9. The highest BCUT2D eigenvalue weighted by molar-refractivity contribution is 7.89. The Morgan fingerprint density at radius 2 is 1.34 bits per heavy atom. The van der Waals surface area contributed by atoms with Crippen LogP contribution in [0.15, 0.2) is 89.8 Å². The van der Waals surface area contributed by atoms with Crippen molar-refractivity contribution in [2.45, 2.75) is 17.2 Å². The van der Waals surface area contributed by atoms with Gasteiger partial charge in [0.25, 0.3) is 0 Å². The molecule has 0 saturated carbocycles. The van der Waals surface area contributed by atoms with Crippen LogP contribution >= 0.6 is 0 Å². The van der Waals surface area contributed by atoms with Crippen LogP contribution in [0.25, 0.3) is 0 Å². The Bertz CT molecular complexity index is 998. The van der Waals surface area contributed by atoms with Crippen molar-refractivity contribution in [3.8, 4) is 0 Å². The molecule has 0 spiro atoms. The van der Waals surface area contributed by atoms with Gasteiger partial charge >= 0.3 is 6.03 Å². The quantitative estimate of drug-likeness (QED) is 0.555. The Labute approximate surface area is 170 Å². The van der Waals surface area contributed by atoms with Crippen LogP contribution in [0.5, 0.6) is 0 Å². The Morgan fingerprint density at radius 3 is 1.83 bits per heavy atom. The van der Waals surface area contributed by atoms with Crippen molar-refractivity contribution in [3.63, 3.8) is 0 Å². The monoisotopic (exact) mass is 409 g/mol. The number of amides is 2. The normalized spacial score (nSPS) is 11.2. The number of urea groups is 1. The van der Waals surface area contributed by atoms with Gasteiger partial charge in [0.05, 0.1) is 4.90 Å². The van der Waals surface area contributed by atoms with E-state index in [0.717, 1.165) is 6.42 Å². The van der Waals surface area contributed by atoms with Crippen molar-refractivity contribution in [2.24, 2.45) is 5.14 Å². The third-order valence-corrected chi connectivity index (χ3v) is 5.49. The van der Waals surface area contributed by atoms with Crippen molar-refractivity contribution in [1.82, 2.24) is 5.32 Å². The van der Waals surface area contributed by atoms with E-state index in [1.54, 1.807) is 0 Å². The van der Waals surface area contributed by atoms with Gasteiger partial charge in [-0.2, -0.15) is 0 Å². The summed E-state index contributed by atoms with van der Waals surface area (Å²) < 4.78 is 22.6. The number of primary sulfonamides is 1. The summed E-state index contributed by atoms with van der Waals surface area (Å²) in [6.07, 6.45) is 0.742. The van der Waals surface area contributed by atoms with E-state index in [1.807, 2.05) is 36.4 Å². The Balaban J connectivity index is 1.59. The van der Waals surface area contributed by atoms with E-state index in [-0.39, 0.29) is 16.8 Å². The molecule has 6 nitrogen and oxygen atoms in total. The molecule has 0 aliphatic rings. The number of sulfonamides is 1. The topological polar surface area (TPSA) is 101 Å². The standard InChI is InChI=1S/C22H23N3O3S/c23-29(27,28)20-13-11-19(12-14-20)25-22(26)24-16-15-21(17-7-3-1-4-8-17)18-9-5-2-6-10-18/h1-14,21H,15-16H2,(H2,23,27,28)(H2,24,25,26). The molecule has 0 atom stereocenters. The fraction of sp³-hybridized carbons (Fsp3) is 0.136. The Morgan fingerprint density at radius 1 is 0.828 bits per heavy atom. The average Bonchev–Trinajstić information content (AvgIpc) is 2.72. The highest BCUT2D eigenvalue weighted by Crippen LogP contribution is 2.27. The second kappa shape index (κ2) is 9.36. The van der Waals surface area contributed by atoms with Crippen molar-refractivity contribution in [3.05, 3.63) is 96.1 Å². The summed E-state index contributed by atoms with van der Waals surface area (Å²) in [5.74, 6) is 0.173.